The van der Waals surface area contributed by atoms with E-state index in [1.807, 2.05) is 29.6 Å². The summed E-state index contributed by atoms with van der Waals surface area (Å²) in [5.74, 6) is -1.28. The highest BCUT2D eigenvalue weighted by atomic mass is 79.9. The predicted molar refractivity (Wildman–Crippen MR) is 116 cm³/mol. The van der Waals surface area contributed by atoms with Crippen LogP contribution in [0.3, 0.4) is 0 Å². The molecule has 1 fully saturated rings. The molecule has 0 atom stereocenters. The van der Waals surface area contributed by atoms with Crippen LogP contribution in [-0.4, -0.2) is 35.0 Å². The highest BCUT2D eigenvalue weighted by Crippen LogP contribution is 2.27. The topological polar surface area (TPSA) is 42.4 Å². The highest BCUT2D eigenvalue weighted by Gasteiger charge is 2.25. The Bertz CT molecular complexity index is 1050. The number of hydrogen-bond donors (Lipinski definition) is 0. The maximum atomic E-state index is 13.8. The summed E-state index contributed by atoms with van der Waals surface area (Å²) in [6, 6.07) is 11.2. The van der Waals surface area contributed by atoms with Crippen LogP contribution >= 0.6 is 27.3 Å². The first-order chi connectivity index (χ1) is 14.5. The van der Waals surface area contributed by atoms with E-state index in [9.17, 15) is 13.6 Å². The molecule has 0 saturated carbocycles. The summed E-state index contributed by atoms with van der Waals surface area (Å²) in [5, 5.41) is 2.80. The summed E-state index contributed by atoms with van der Waals surface area (Å²) in [4.78, 5) is 19.1. The van der Waals surface area contributed by atoms with Gasteiger partial charge < -0.3 is 9.64 Å². The van der Waals surface area contributed by atoms with Crippen molar-refractivity contribution in [1.29, 1.82) is 0 Å². The average molecular weight is 493 g/mol. The molecule has 4 rings (SSSR count). The van der Waals surface area contributed by atoms with Crippen LogP contribution in [0.4, 0.5) is 8.78 Å². The van der Waals surface area contributed by atoms with Crippen molar-refractivity contribution in [3.8, 4) is 16.3 Å². The molecule has 0 bridgehead atoms. The molecule has 0 aliphatic carbocycles. The number of carbonyl (C=O) groups is 1. The fourth-order valence-electron chi connectivity index (χ4n) is 3.38. The van der Waals surface area contributed by atoms with Crippen molar-refractivity contribution >= 4 is 33.2 Å². The van der Waals surface area contributed by atoms with Gasteiger partial charge in [-0.2, -0.15) is 0 Å². The van der Waals surface area contributed by atoms with Gasteiger partial charge >= 0.3 is 0 Å². The smallest absolute Gasteiger partial charge is 0.228 e. The molecule has 2 aromatic carbocycles. The molecule has 3 aromatic rings. The van der Waals surface area contributed by atoms with Crippen LogP contribution < -0.4 is 4.74 Å². The third-order valence-corrected chi connectivity index (χ3v) is 6.37. The van der Waals surface area contributed by atoms with Gasteiger partial charge in [-0.25, -0.2) is 13.8 Å². The van der Waals surface area contributed by atoms with Gasteiger partial charge in [0.2, 0.25) is 5.91 Å². The summed E-state index contributed by atoms with van der Waals surface area (Å²) in [5.41, 5.74) is 1.77. The standard InChI is InChI=1S/C22H19BrF2N2O2S/c23-15-3-1-2-14(10-15)22-26-17(13-30-22)12-21(28)27-8-6-18(7-9-27)29-20-5-4-16(24)11-19(20)25/h1-5,10-11,13,18H,6-9,12H2. The van der Waals surface area contributed by atoms with Crippen LogP contribution in [0, 0.1) is 11.6 Å². The molecular formula is C22H19BrF2N2O2S. The zero-order valence-corrected chi connectivity index (χ0v) is 18.4. The first-order valence-corrected chi connectivity index (χ1v) is 11.2. The first kappa shape index (κ1) is 20.9. The lowest BCUT2D eigenvalue weighted by Crippen LogP contribution is -2.42. The van der Waals surface area contributed by atoms with Gasteiger partial charge in [-0.15, -0.1) is 11.3 Å². The summed E-state index contributed by atoms with van der Waals surface area (Å²) in [7, 11) is 0. The minimum Gasteiger partial charge on any atom is -0.487 e. The maximum absolute atomic E-state index is 13.8. The molecule has 1 aromatic heterocycles. The van der Waals surface area contributed by atoms with E-state index in [0.29, 0.717) is 25.9 Å². The van der Waals surface area contributed by atoms with Crippen molar-refractivity contribution in [3.63, 3.8) is 0 Å². The second kappa shape index (κ2) is 9.22. The highest BCUT2D eigenvalue weighted by molar-refractivity contribution is 9.10. The van der Waals surface area contributed by atoms with Gasteiger partial charge in [0, 0.05) is 47.4 Å². The van der Waals surface area contributed by atoms with E-state index >= 15 is 0 Å². The van der Waals surface area contributed by atoms with E-state index in [1.54, 1.807) is 4.90 Å². The van der Waals surface area contributed by atoms with E-state index in [4.69, 9.17) is 4.74 Å². The Morgan fingerprint density at radius 1 is 1.20 bits per heavy atom. The second-order valence-electron chi connectivity index (χ2n) is 7.10. The minimum absolute atomic E-state index is 0.0208. The Kier molecular flexibility index (Phi) is 6.43. The van der Waals surface area contributed by atoms with Crippen LogP contribution in [0.15, 0.2) is 52.3 Å². The number of hydrogen-bond acceptors (Lipinski definition) is 4. The number of nitrogens with zero attached hydrogens (tertiary/aromatic N) is 2. The fraction of sp³-hybridized carbons (Fsp3) is 0.273. The van der Waals surface area contributed by atoms with Crippen LogP contribution in [-0.2, 0) is 11.2 Å². The van der Waals surface area contributed by atoms with Crippen molar-refractivity contribution in [1.82, 2.24) is 9.88 Å². The Morgan fingerprint density at radius 2 is 2.00 bits per heavy atom. The van der Waals surface area contributed by atoms with Gasteiger partial charge in [0.1, 0.15) is 16.9 Å². The van der Waals surface area contributed by atoms with Crippen molar-refractivity contribution in [3.05, 3.63) is 69.6 Å². The molecule has 156 valence electrons. The van der Waals surface area contributed by atoms with Crippen molar-refractivity contribution in [2.24, 2.45) is 0 Å². The van der Waals surface area contributed by atoms with E-state index in [2.05, 4.69) is 20.9 Å². The van der Waals surface area contributed by atoms with Gasteiger partial charge in [0.25, 0.3) is 0 Å². The Balaban J connectivity index is 1.30. The lowest BCUT2D eigenvalue weighted by Gasteiger charge is -2.32. The lowest BCUT2D eigenvalue weighted by atomic mass is 10.1. The van der Waals surface area contributed by atoms with Crippen LogP contribution in [0.5, 0.6) is 5.75 Å². The maximum Gasteiger partial charge on any atom is 0.228 e. The van der Waals surface area contributed by atoms with Crippen molar-refractivity contribution in [2.75, 3.05) is 13.1 Å². The number of ether oxygens (including phenoxy) is 1. The molecular weight excluding hydrogens is 474 g/mol. The van der Waals surface area contributed by atoms with E-state index in [0.717, 1.165) is 26.8 Å². The Morgan fingerprint density at radius 3 is 2.73 bits per heavy atom. The Labute approximate surface area is 185 Å². The third kappa shape index (κ3) is 5.05. The monoisotopic (exact) mass is 492 g/mol. The SMILES string of the molecule is O=C(Cc1csc(-c2cccc(Br)c2)n1)N1CCC(Oc2ccc(F)cc2F)CC1. The number of thiazole rings is 1. The largest absolute Gasteiger partial charge is 0.487 e. The number of halogens is 3. The molecule has 1 amide bonds. The molecule has 1 saturated heterocycles. The number of rotatable bonds is 5. The second-order valence-corrected chi connectivity index (χ2v) is 8.88. The number of amides is 1. The van der Waals surface area contributed by atoms with E-state index in [1.165, 1.54) is 23.5 Å². The molecule has 2 heterocycles. The van der Waals surface area contributed by atoms with Gasteiger partial charge in [-0.05, 0) is 24.3 Å². The molecule has 1 aliphatic rings. The van der Waals surface area contributed by atoms with Gasteiger partial charge in [-0.1, -0.05) is 28.1 Å². The summed E-state index contributed by atoms with van der Waals surface area (Å²) in [6.07, 6.45) is 1.26. The van der Waals surface area contributed by atoms with E-state index < -0.39 is 11.6 Å². The molecule has 4 nitrogen and oxygen atoms in total. The van der Waals surface area contributed by atoms with E-state index in [-0.39, 0.29) is 24.2 Å². The molecule has 0 unspecified atom stereocenters. The average Bonchev–Trinajstić information content (AvgIpc) is 3.19. The molecule has 0 spiro atoms. The number of benzene rings is 2. The third-order valence-electron chi connectivity index (χ3n) is 4.94. The summed E-state index contributed by atoms with van der Waals surface area (Å²) in [6.45, 7) is 1.07. The normalized spacial score (nSPS) is 14.7. The number of likely N-dealkylation sites (tertiary alicyclic amines) is 1. The van der Waals surface area contributed by atoms with Crippen LogP contribution in [0.25, 0.3) is 10.6 Å². The molecule has 0 radical (unpaired) electrons. The predicted octanol–water partition coefficient (Wildman–Crippen LogP) is 5.46. The summed E-state index contributed by atoms with van der Waals surface area (Å²) < 4.78 is 33.4. The fourth-order valence-corrected chi connectivity index (χ4v) is 4.60. The quantitative estimate of drug-likeness (QED) is 0.474. The molecule has 1 aliphatic heterocycles. The molecule has 30 heavy (non-hydrogen) atoms. The minimum atomic E-state index is -0.710. The number of aromatic nitrogens is 1. The van der Waals surface area contributed by atoms with Crippen molar-refractivity contribution < 1.29 is 18.3 Å². The van der Waals surface area contributed by atoms with Crippen molar-refractivity contribution in [2.45, 2.75) is 25.4 Å². The zero-order chi connectivity index (χ0) is 21.1. The zero-order valence-electron chi connectivity index (χ0n) is 16.0. The van der Waals surface area contributed by atoms with Gasteiger partial charge in [0.05, 0.1) is 12.1 Å². The first-order valence-electron chi connectivity index (χ1n) is 9.58. The molecule has 0 N–H and O–H groups in total. The van der Waals surface area contributed by atoms with Gasteiger partial charge in [-0.3, -0.25) is 4.79 Å². The molecule has 8 heteroatoms. The number of carbonyl (C=O) groups excluding carboxylic acids is 1. The number of piperidine rings is 1. The Hall–Kier alpha value is -2.32. The lowest BCUT2D eigenvalue weighted by molar-refractivity contribution is -0.132. The van der Waals surface area contributed by atoms with Crippen LogP contribution in [0.1, 0.15) is 18.5 Å². The summed E-state index contributed by atoms with van der Waals surface area (Å²) >= 11 is 4.98. The van der Waals surface area contributed by atoms with Crippen LogP contribution in [0.2, 0.25) is 0 Å². The van der Waals surface area contributed by atoms with Gasteiger partial charge in [0.15, 0.2) is 11.6 Å².